The SMILES string of the molecule is O=C(O)COc1ccc(C(CNS(=O)(=O)c2ccc(Cl)cc2)c2cccnc2)cc1. The molecule has 30 heavy (non-hydrogen) atoms. The summed E-state index contributed by atoms with van der Waals surface area (Å²) < 4.78 is 33.1. The molecule has 1 heterocycles. The highest BCUT2D eigenvalue weighted by Gasteiger charge is 2.20. The van der Waals surface area contributed by atoms with Gasteiger partial charge < -0.3 is 9.84 Å². The molecule has 0 saturated carbocycles. The monoisotopic (exact) mass is 446 g/mol. The lowest BCUT2D eigenvalue weighted by Crippen LogP contribution is -2.29. The summed E-state index contributed by atoms with van der Waals surface area (Å²) in [5.41, 5.74) is 1.65. The van der Waals surface area contributed by atoms with E-state index in [2.05, 4.69) is 9.71 Å². The van der Waals surface area contributed by atoms with Gasteiger partial charge in [0, 0.05) is 29.9 Å². The number of carboxylic acids is 1. The fourth-order valence-electron chi connectivity index (χ4n) is 2.84. The highest BCUT2D eigenvalue weighted by atomic mass is 35.5. The van der Waals surface area contributed by atoms with Crippen LogP contribution < -0.4 is 9.46 Å². The Morgan fingerprint density at radius 3 is 2.37 bits per heavy atom. The first-order valence-corrected chi connectivity index (χ1v) is 10.8. The number of benzene rings is 2. The Labute approximate surface area is 179 Å². The zero-order valence-corrected chi connectivity index (χ0v) is 17.3. The van der Waals surface area contributed by atoms with Crippen LogP contribution in [0.5, 0.6) is 5.75 Å². The number of nitrogens with one attached hydrogen (secondary N) is 1. The maximum Gasteiger partial charge on any atom is 0.341 e. The summed E-state index contributed by atoms with van der Waals surface area (Å²) in [4.78, 5) is 14.9. The summed E-state index contributed by atoms with van der Waals surface area (Å²) in [5.74, 6) is -0.967. The molecule has 7 nitrogen and oxygen atoms in total. The number of halogens is 1. The minimum Gasteiger partial charge on any atom is -0.482 e. The maximum absolute atomic E-state index is 12.7. The van der Waals surface area contributed by atoms with Gasteiger partial charge in [0.2, 0.25) is 10.0 Å². The van der Waals surface area contributed by atoms with Gasteiger partial charge in [-0.25, -0.2) is 17.9 Å². The van der Waals surface area contributed by atoms with E-state index in [0.29, 0.717) is 10.8 Å². The van der Waals surface area contributed by atoms with Gasteiger partial charge in [-0.2, -0.15) is 0 Å². The van der Waals surface area contributed by atoms with E-state index < -0.39 is 22.6 Å². The summed E-state index contributed by atoms with van der Waals surface area (Å²) in [5, 5.41) is 9.17. The molecule has 0 aliphatic rings. The molecule has 3 rings (SSSR count). The second kappa shape index (κ2) is 9.71. The third-order valence-electron chi connectivity index (χ3n) is 4.33. The van der Waals surface area contributed by atoms with Crippen molar-refractivity contribution < 1.29 is 23.1 Å². The molecule has 0 aliphatic carbocycles. The molecule has 0 amide bonds. The number of nitrogens with zero attached hydrogens (tertiary/aromatic N) is 1. The summed E-state index contributed by atoms with van der Waals surface area (Å²) in [6.45, 7) is -0.335. The number of sulfonamides is 1. The predicted octanol–water partition coefficient (Wildman–Crippen LogP) is 3.31. The number of carboxylic acid groups (broad SMARTS) is 1. The van der Waals surface area contributed by atoms with Gasteiger partial charge in [-0.15, -0.1) is 0 Å². The molecule has 2 N–H and O–H groups in total. The van der Waals surface area contributed by atoms with Gasteiger partial charge in [0.05, 0.1) is 4.90 Å². The molecule has 1 atom stereocenters. The molecule has 0 aliphatic heterocycles. The van der Waals surface area contributed by atoms with Crippen molar-refractivity contribution >= 4 is 27.6 Å². The number of ether oxygens (including phenoxy) is 1. The van der Waals surface area contributed by atoms with E-state index in [4.69, 9.17) is 21.4 Å². The van der Waals surface area contributed by atoms with Crippen molar-refractivity contribution in [3.8, 4) is 5.75 Å². The highest BCUT2D eigenvalue weighted by Crippen LogP contribution is 2.26. The zero-order valence-electron chi connectivity index (χ0n) is 15.7. The molecule has 1 aromatic heterocycles. The van der Waals surface area contributed by atoms with Crippen LogP contribution >= 0.6 is 11.6 Å². The minimum atomic E-state index is -3.73. The molecule has 0 radical (unpaired) electrons. The normalized spacial score (nSPS) is 12.3. The topological polar surface area (TPSA) is 106 Å². The van der Waals surface area contributed by atoms with Crippen molar-refractivity contribution in [1.29, 1.82) is 0 Å². The molecular weight excluding hydrogens is 428 g/mol. The number of aromatic nitrogens is 1. The molecule has 0 bridgehead atoms. The lowest BCUT2D eigenvalue weighted by Gasteiger charge is -2.19. The van der Waals surface area contributed by atoms with Crippen LogP contribution in [0, 0.1) is 0 Å². The van der Waals surface area contributed by atoms with Gasteiger partial charge in [0.15, 0.2) is 6.61 Å². The summed E-state index contributed by atoms with van der Waals surface area (Å²) in [6, 6.07) is 16.4. The van der Waals surface area contributed by atoms with Crippen LogP contribution in [0.4, 0.5) is 0 Å². The van der Waals surface area contributed by atoms with Crippen LogP contribution in [0.2, 0.25) is 5.02 Å². The average molecular weight is 447 g/mol. The molecule has 2 aromatic carbocycles. The third-order valence-corrected chi connectivity index (χ3v) is 6.02. The summed E-state index contributed by atoms with van der Waals surface area (Å²) in [7, 11) is -3.73. The Morgan fingerprint density at radius 1 is 1.07 bits per heavy atom. The lowest BCUT2D eigenvalue weighted by atomic mass is 9.92. The Hall–Kier alpha value is -2.94. The Balaban J connectivity index is 1.81. The molecular formula is C21H19ClN2O5S. The van der Waals surface area contributed by atoms with E-state index in [9.17, 15) is 13.2 Å². The van der Waals surface area contributed by atoms with Crippen LogP contribution in [-0.4, -0.2) is 37.6 Å². The van der Waals surface area contributed by atoms with Crippen LogP contribution in [0.15, 0.2) is 78.0 Å². The number of carbonyl (C=O) groups is 1. The summed E-state index contributed by atoms with van der Waals surface area (Å²) >= 11 is 5.84. The fourth-order valence-corrected chi connectivity index (χ4v) is 4.01. The standard InChI is InChI=1S/C21H19ClN2O5S/c22-17-5-9-19(10-6-17)30(27,28)24-13-20(16-2-1-11-23-12-16)15-3-7-18(8-4-15)29-14-21(25)26/h1-12,20,24H,13-14H2,(H,25,26). The van der Waals surface area contributed by atoms with E-state index in [-0.39, 0.29) is 17.4 Å². The lowest BCUT2D eigenvalue weighted by molar-refractivity contribution is -0.139. The number of pyridine rings is 1. The van der Waals surface area contributed by atoms with Crippen molar-refractivity contribution in [2.75, 3.05) is 13.2 Å². The van der Waals surface area contributed by atoms with Gasteiger partial charge in [0.25, 0.3) is 0 Å². The van der Waals surface area contributed by atoms with Crippen molar-refractivity contribution in [2.24, 2.45) is 0 Å². The Kier molecular flexibility index (Phi) is 7.04. The minimum absolute atomic E-state index is 0.103. The van der Waals surface area contributed by atoms with Gasteiger partial charge in [0.1, 0.15) is 5.75 Å². The van der Waals surface area contributed by atoms with E-state index in [1.54, 1.807) is 42.7 Å². The van der Waals surface area contributed by atoms with Crippen molar-refractivity contribution in [2.45, 2.75) is 10.8 Å². The van der Waals surface area contributed by atoms with Crippen LogP contribution in [-0.2, 0) is 14.8 Å². The predicted molar refractivity (Wildman–Crippen MR) is 112 cm³/mol. The van der Waals surface area contributed by atoms with E-state index in [1.807, 2.05) is 6.07 Å². The fraction of sp³-hybridized carbons (Fsp3) is 0.143. The Bertz CT molecular complexity index is 1090. The average Bonchev–Trinajstić information content (AvgIpc) is 2.74. The molecule has 0 fully saturated rings. The van der Waals surface area contributed by atoms with E-state index in [0.717, 1.165) is 11.1 Å². The molecule has 3 aromatic rings. The maximum atomic E-state index is 12.7. The second-order valence-corrected chi connectivity index (χ2v) is 8.60. The van der Waals surface area contributed by atoms with Crippen molar-refractivity contribution in [1.82, 2.24) is 9.71 Å². The van der Waals surface area contributed by atoms with Gasteiger partial charge in [-0.05, 0) is 53.6 Å². The largest absolute Gasteiger partial charge is 0.482 e. The van der Waals surface area contributed by atoms with Gasteiger partial charge in [-0.1, -0.05) is 29.8 Å². The van der Waals surface area contributed by atoms with Crippen LogP contribution in [0.1, 0.15) is 17.0 Å². The first-order valence-electron chi connectivity index (χ1n) is 8.95. The first-order chi connectivity index (χ1) is 14.3. The third kappa shape index (κ3) is 5.79. The molecule has 1 unspecified atom stereocenters. The highest BCUT2D eigenvalue weighted by molar-refractivity contribution is 7.89. The van der Waals surface area contributed by atoms with Gasteiger partial charge >= 0.3 is 5.97 Å². The Morgan fingerprint density at radius 2 is 1.77 bits per heavy atom. The van der Waals surface area contributed by atoms with Crippen molar-refractivity contribution in [3.63, 3.8) is 0 Å². The van der Waals surface area contributed by atoms with Gasteiger partial charge in [-0.3, -0.25) is 4.98 Å². The van der Waals surface area contributed by atoms with E-state index >= 15 is 0 Å². The quantitative estimate of drug-likeness (QED) is 0.522. The number of rotatable bonds is 9. The molecule has 0 saturated heterocycles. The second-order valence-electron chi connectivity index (χ2n) is 6.40. The van der Waals surface area contributed by atoms with E-state index in [1.165, 1.54) is 24.3 Å². The number of hydrogen-bond acceptors (Lipinski definition) is 5. The number of aliphatic carboxylic acids is 1. The molecule has 9 heteroatoms. The molecule has 0 spiro atoms. The zero-order chi connectivity index (χ0) is 21.6. The molecule has 156 valence electrons. The smallest absolute Gasteiger partial charge is 0.341 e. The van der Waals surface area contributed by atoms with Crippen molar-refractivity contribution in [3.05, 3.63) is 89.2 Å². The number of hydrogen-bond donors (Lipinski definition) is 2. The van der Waals surface area contributed by atoms with Crippen LogP contribution in [0.25, 0.3) is 0 Å². The summed E-state index contributed by atoms with van der Waals surface area (Å²) in [6.07, 6.45) is 3.32. The van der Waals surface area contributed by atoms with Crippen LogP contribution in [0.3, 0.4) is 0 Å². The first kappa shape index (κ1) is 21.8.